The molecular formula is C23H20O5. The van der Waals surface area contributed by atoms with Gasteiger partial charge < -0.3 is 14.2 Å². The van der Waals surface area contributed by atoms with Crippen LogP contribution in [0.15, 0.2) is 72.8 Å². The maximum atomic E-state index is 12.3. The van der Waals surface area contributed by atoms with E-state index in [1.165, 1.54) is 14.2 Å². The Labute approximate surface area is 163 Å². The number of benzene rings is 3. The van der Waals surface area contributed by atoms with Crippen molar-refractivity contribution in [1.82, 2.24) is 0 Å². The number of ether oxygens (including phenoxy) is 3. The first kappa shape index (κ1) is 19.2. The van der Waals surface area contributed by atoms with Gasteiger partial charge >= 0.3 is 11.9 Å². The van der Waals surface area contributed by atoms with Gasteiger partial charge in [-0.2, -0.15) is 0 Å². The Hall–Kier alpha value is -3.60. The smallest absolute Gasteiger partial charge is 0.338 e. The Morgan fingerprint density at radius 2 is 1.29 bits per heavy atom. The number of carbonyl (C=O) groups excluding carboxylic acids is 2. The van der Waals surface area contributed by atoms with Gasteiger partial charge in [-0.05, 0) is 41.0 Å². The molecule has 0 N–H and O–H groups in total. The van der Waals surface area contributed by atoms with E-state index in [-0.39, 0.29) is 17.7 Å². The molecule has 0 atom stereocenters. The van der Waals surface area contributed by atoms with Crippen molar-refractivity contribution in [1.29, 1.82) is 0 Å². The van der Waals surface area contributed by atoms with Gasteiger partial charge in [-0.25, -0.2) is 9.59 Å². The summed E-state index contributed by atoms with van der Waals surface area (Å²) in [6.07, 6.45) is 0. The van der Waals surface area contributed by atoms with Gasteiger partial charge in [-0.15, -0.1) is 0 Å². The summed E-state index contributed by atoms with van der Waals surface area (Å²) in [7, 11) is 2.55. The second-order valence-corrected chi connectivity index (χ2v) is 6.01. The summed E-state index contributed by atoms with van der Waals surface area (Å²) in [5.41, 5.74) is 2.72. The number of hydrogen-bond acceptors (Lipinski definition) is 5. The highest BCUT2D eigenvalue weighted by atomic mass is 16.5. The van der Waals surface area contributed by atoms with E-state index in [4.69, 9.17) is 14.2 Å². The molecule has 28 heavy (non-hydrogen) atoms. The van der Waals surface area contributed by atoms with Gasteiger partial charge in [-0.3, -0.25) is 0 Å². The molecule has 0 radical (unpaired) electrons. The minimum absolute atomic E-state index is 0.140. The molecule has 0 heterocycles. The molecule has 0 aliphatic carbocycles. The summed E-state index contributed by atoms with van der Waals surface area (Å²) < 4.78 is 15.6. The van der Waals surface area contributed by atoms with E-state index in [1.807, 2.05) is 60.7 Å². The van der Waals surface area contributed by atoms with Crippen molar-refractivity contribution < 1.29 is 23.8 Å². The van der Waals surface area contributed by atoms with E-state index in [2.05, 4.69) is 0 Å². The Balaban J connectivity index is 2.11. The average Bonchev–Trinajstić information content (AvgIpc) is 2.77. The minimum atomic E-state index is -0.610. The summed E-state index contributed by atoms with van der Waals surface area (Å²) in [5.74, 6) is -0.507. The van der Waals surface area contributed by atoms with Crippen LogP contribution < -0.4 is 4.74 Å². The monoisotopic (exact) mass is 376 g/mol. The summed E-state index contributed by atoms with van der Waals surface area (Å²) in [5, 5.41) is 0. The van der Waals surface area contributed by atoms with Crippen LogP contribution in [0, 0.1) is 0 Å². The molecule has 0 spiro atoms. The van der Waals surface area contributed by atoms with Crippen molar-refractivity contribution in [3.63, 3.8) is 0 Å². The van der Waals surface area contributed by atoms with Crippen molar-refractivity contribution in [2.24, 2.45) is 0 Å². The first-order valence-electron chi connectivity index (χ1n) is 8.71. The van der Waals surface area contributed by atoms with E-state index in [0.29, 0.717) is 5.75 Å². The Bertz CT molecular complexity index is 965. The lowest BCUT2D eigenvalue weighted by Crippen LogP contribution is -2.14. The van der Waals surface area contributed by atoms with Crippen LogP contribution in [-0.4, -0.2) is 26.2 Å². The first-order valence-corrected chi connectivity index (χ1v) is 8.71. The van der Waals surface area contributed by atoms with Crippen LogP contribution in [0.2, 0.25) is 0 Å². The van der Waals surface area contributed by atoms with Gasteiger partial charge in [0.25, 0.3) is 0 Å². The third kappa shape index (κ3) is 4.20. The predicted octanol–water partition coefficient (Wildman–Crippen LogP) is 4.51. The normalized spacial score (nSPS) is 10.2. The molecule has 3 aromatic carbocycles. The zero-order valence-electron chi connectivity index (χ0n) is 15.7. The van der Waals surface area contributed by atoms with Gasteiger partial charge in [0.1, 0.15) is 12.4 Å². The summed E-state index contributed by atoms with van der Waals surface area (Å²) >= 11 is 0. The lowest BCUT2D eigenvalue weighted by molar-refractivity contribution is 0.0555. The van der Waals surface area contributed by atoms with Gasteiger partial charge in [0.05, 0.1) is 25.3 Å². The van der Waals surface area contributed by atoms with Crippen molar-refractivity contribution >= 4 is 11.9 Å². The third-order valence-electron chi connectivity index (χ3n) is 4.28. The van der Waals surface area contributed by atoms with Crippen molar-refractivity contribution in [3.8, 4) is 16.9 Å². The number of rotatable bonds is 6. The van der Waals surface area contributed by atoms with E-state index in [1.54, 1.807) is 12.1 Å². The van der Waals surface area contributed by atoms with Crippen molar-refractivity contribution in [2.75, 3.05) is 14.2 Å². The summed E-state index contributed by atoms with van der Waals surface area (Å²) in [6.45, 7) is 0.222. The fourth-order valence-electron chi connectivity index (χ4n) is 2.89. The Kier molecular flexibility index (Phi) is 6.07. The lowest BCUT2D eigenvalue weighted by Gasteiger charge is -2.16. The molecule has 0 fully saturated rings. The van der Waals surface area contributed by atoms with Gasteiger partial charge in [0.2, 0.25) is 0 Å². The molecule has 3 rings (SSSR count). The second kappa shape index (κ2) is 8.86. The van der Waals surface area contributed by atoms with Crippen molar-refractivity contribution in [2.45, 2.75) is 6.61 Å². The van der Waals surface area contributed by atoms with Gasteiger partial charge in [0.15, 0.2) is 0 Å². The van der Waals surface area contributed by atoms with Crippen LogP contribution in [0.4, 0.5) is 0 Å². The van der Waals surface area contributed by atoms with Gasteiger partial charge in [0, 0.05) is 0 Å². The van der Waals surface area contributed by atoms with Crippen LogP contribution in [-0.2, 0) is 16.1 Å². The van der Waals surface area contributed by atoms with Crippen LogP contribution in [0.5, 0.6) is 5.75 Å². The van der Waals surface area contributed by atoms with Gasteiger partial charge in [-0.1, -0.05) is 48.5 Å². The Morgan fingerprint density at radius 1 is 0.750 bits per heavy atom. The molecule has 0 bridgehead atoms. The standard InChI is InChI=1S/C23H20O5/c1-26-22(24)20-13-17(15-28-18-11-7-4-8-12-18)19(14-21(20)23(25)27-2)16-9-5-3-6-10-16/h3-14H,15H2,1-2H3. The zero-order valence-corrected chi connectivity index (χ0v) is 15.7. The quantitative estimate of drug-likeness (QED) is 0.593. The number of hydrogen-bond donors (Lipinski definition) is 0. The van der Waals surface area contributed by atoms with E-state index >= 15 is 0 Å². The molecule has 0 aliphatic heterocycles. The molecule has 0 amide bonds. The largest absolute Gasteiger partial charge is 0.489 e. The van der Waals surface area contributed by atoms with E-state index in [9.17, 15) is 9.59 Å². The molecule has 0 saturated carbocycles. The fraction of sp³-hybridized carbons (Fsp3) is 0.130. The molecular weight excluding hydrogens is 356 g/mol. The zero-order chi connectivity index (χ0) is 19.9. The summed E-state index contributed by atoms with van der Waals surface area (Å²) in [4.78, 5) is 24.5. The number of esters is 2. The van der Waals surface area contributed by atoms with E-state index in [0.717, 1.165) is 16.7 Å². The number of carbonyl (C=O) groups is 2. The molecule has 0 aliphatic rings. The molecule has 0 aromatic heterocycles. The van der Waals surface area contributed by atoms with E-state index < -0.39 is 11.9 Å². The molecule has 0 unspecified atom stereocenters. The SMILES string of the molecule is COC(=O)c1cc(COc2ccccc2)c(-c2ccccc2)cc1C(=O)OC. The molecule has 142 valence electrons. The molecule has 5 heteroatoms. The van der Waals surface area contributed by atoms with Crippen LogP contribution in [0.1, 0.15) is 26.3 Å². The number of para-hydroxylation sites is 1. The molecule has 3 aromatic rings. The van der Waals surface area contributed by atoms with Crippen LogP contribution in [0.25, 0.3) is 11.1 Å². The van der Waals surface area contributed by atoms with Crippen LogP contribution in [0.3, 0.4) is 0 Å². The maximum Gasteiger partial charge on any atom is 0.338 e. The molecule has 5 nitrogen and oxygen atoms in total. The highest BCUT2D eigenvalue weighted by molar-refractivity contribution is 6.04. The number of methoxy groups -OCH3 is 2. The third-order valence-corrected chi connectivity index (χ3v) is 4.28. The average molecular weight is 376 g/mol. The maximum absolute atomic E-state index is 12.3. The fourth-order valence-corrected chi connectivity index (χ4v) is 2.89. The lowest BCUT2D eigenvalue weighted by atomic mass is 9.94. The summed E-state index contributed by atoms with van der Waals surface area (Å²) in [6, 6.07) is 22.2. The predicted molar refractivity (Wildman–Crippen MR) is 105 cm³/mol. The molecule has 0 saturated heterocycles. The second-order valence-electron chi connectivity index (χ2n) is 6.01. The minimum Gasteiger partial charge on any atom is -0.489 e. The highest BCUT2D eigenvalue weighted by Gasteiger charge is 2.22. The topological polar surface area (TPSA) is 61.8 Å². The van der Waals surface area contributed by atoms with Crippen molar-refractivity contribution in [3.05, 3.63) is 89.5 Å². The first-order chi connectivity index (χ1) is 13.6. The van der Waals surface area contributed by atoms with Crippen LogP contribution >= 0.6 is 0 Å². The Morgan fingerprint density at radius 3 is 1.86 bits per heavy atom. The highest BCUT2D eigenvalue weighted by Crippen LogP contribution is 2.29.